The number of ether oxygens (including phenoxy) is 2. The minimum absolute atomic E-state index is 0.129. The number of carbonyl (C=O) groups is 2. The Morgan fingerprint density at radius 3 is 2.34 bits per heavy atom. The molecule has 0 saturated carbocycles. The highest BCUT2D eigenvalue weighted by molar-refractivity contribution is 6.07. The van der Waals surface area contributed by atoms with Crippen LogP contribution in [0.25, 0.3) is 6.08 Å². The van der Waals surface area contributed by atoms with Gasteiger partial charge >= 0.3 is 5.97 Å². The van der Waals surface area contributed by atoms with Crippen LogP contribution < -0.4 is 9.47 Å². The molecule has 0 atom stereocenters. The van der Waals surface area contributed by atoms with E-state index in [1.807, 2.05) is 26.0 Å². The predicted octanol–water partition coefficient (Wildman–Crippen LogP) is 6.64. The highest BCUT2D eigenvalue weighted by Gasteiger charge is 2.19. The molecule has 32 heavy (non-hydrogen) atoms. The number of hydrogen-bond donors (Lipinski definition) is 1. The number of carboxylic acids is 1. The van der Waals surface area contributed by atoms with Gasteiger partial charge in [0.2, 0.25) is 0 Å². The lowest BCUT2D eigenvalue weighted by Crippen LogP contribution is -2.12. The van der Waals surface area contributed by atoms with Gasteiger partial charge in [0, 0.05) is 16.7 Å². The van der Waals surface area contributed by atoms with Gasteiger partial charge in [0.25, 0.3) is 0 Å². The highest BCUT2D eigenvalue weighted by Crippen LogP contribution is 2.32. The van der Waals surface area contributed by atoms with Crippen molar-refractivity contribution in [2.75, 3.05) is 6.61 Å². The second-order valence-electron chi connectivity index (χ2n) is 8.21. The third kappa shape index (κ3) is 6.98. The molecule has 0 amide bonds. The average molecular weight is 439 g/mol. The van der Waals surface area contributed by atoms with Crippen molar-refractivity contribution in [3.63, 3.8) is 0 Å². The van der Waals surface area contributed by atoms with Crippen molar-refractivity contribution in [2.45, 2.75) is 66.4 Å². The molecule has 0 radical (unpaired) electrons. The van der Waals surface area contributed by atoms with Crippen molar-refractivity contribution in [2.24, 2.45) is 0 Å². The molecule has 0 aliphatic heterocycles. The molecule has 2 aromatic rings. The predicted molar refractivity (Wildman–Crippen MR) is 128 cm³/mol. The van der Waals surface area contributed by atoms with Crippen molar-refractivity contribution in [3.8, 4) is 11.5 Å². The first kappa shape index (κ1) is 25.2. The minimum atomic E-state index is -0.993. The SMILES string of the molecule is CCCCCCOc1ccc(C(=O)C=Cc2cc(C)c(C(=O)O)c(C)c2OC(C)C)cc1. The molecule has 1 N–H and O–H groups in total. The maximum absolute atomic E-state index is 12.7. The van der Waals surface area contributed by atoms with Gasteiger partial charge in [-0.1, -0.05) is 26.2 Å². The Hall–Kier alpha value is -3.08. The van der Waals surface area contributed by atoms with Crippen molar-refractivity contribution in [1.29, 1.82) is 0 Å². The summed E-state index contributed by atoms with van der Waals surface area (Å²) in [5.41, 5.74) is 2.65. The molecule has 172 valence electrons. The summed E-state index contributed by atoms with van der Waals surface area (Å²) in [6.45, 7) is 10.1. The number of allylic oxidation sites excluding steroid dienone is 1. The van der Waals surface area contributed by atoms with Crippen molar-refractivity contribution in [1.82, 2.24) is 0 Å². The number of rotatable bonds is 12. The third-order valence-electron chi connectivity index (χ3n) is 5.13. The van der Waals surface area contributed by atoms with Crippen LogP contribution in [0, 0.1) is 13.8 Å². The summed E-state index contributed by atoms with van der Waals surface area (Å²) in [6, 6.07) is 8.87. The molecule has 5 nitrogen and oxygen atoms in total. The van der Waals surface area contributed by atoms with E-state index in [2.05, 4.69) is 6.92 Å². The van der Waals surface area contributed by atoms with Crippen LogP contribution in [-0.4, -0.2) is 29.6 Å². The standard InChI is InChI=1S/C27H34O5/c1-6-7-8-9-16-31-23-13-10-21(11-14-23)24(28)15-12-22-17-19(4)25(27(29)30)20(5)26(22)32-18(2)3/h10-15,17-18H,6-9,16H2,1-5H3,(H,29,30). The zero-order chi connectivity index (χ0) is 23.7. The van der Waals surface area contributed by atoms with Crippen LogP contribution in [0.3, 0.4) is 0 Å². The monoisotopic (exact) mass is 438 g/mol. The van der Waals surface area contributed by atoms with Gasteiger partial charge in [0.1, 0.15) is 11.5 Å². The van der Waals surface area contributed by atoms with Crippen LogP contribution >= 0.6 is 0 Å². The Balaban J connectivity index is 2.16. The summed E-state index contributed by atoms with van der Waals surface area (Å²) in [4.78, 5) is 24.3. The van der Waals surface area contributed by atoms with Crippen LogP contribution in [-0.2, 0) is 0 Å². The Labute approximate surface area is 191 Å². The molecule has 0 aliphatic carbocycles. The fourth-order valence-electron chi connectivity index (χ4n) is 3.54. The topological polar surface area (TPSA) is 72.8 Å². The molecule has 0 bridgehead atoms. The van der Waals surface area contributed by atoms with Crippen molar-refractivity contribution in [3.05, 3.63) is 64.2 Å². The summed E-state index contributed by atoms with van der Waals surface area (Å²) < 4.78 is 11.6. The molecular formula is C27H34O5. The summed E-state index contributed by atoms with van der Waals surface area (Å²) in [5.74, 6) is 0.101. The Morgan fingerprint density at radius 1 is 1.06 bits per heavy atom. The van der Waals surface area contributed by atoms with Gasteiger partial charge in [-0.05, 0) is 82.2 Å². The van der Waals surface area contributed by atoms with E-state index in [4.69, 9.17) is 9.47 Å². The first-order chi connectivity index (χ1) is 15.2. The smallest absolute Gasteiger partial charge is 0.336 e. The van der Waals surface area contributed by atoms with E-state index in [1.165, 1.54) is 18.9 Å². The molecule has 0 saturated heterocycles. The van der Waals surface area contributed by atoms with Gasteiger partial charge in [-0.3, -0.25) is 4.79 Å². The average Bonchev–Trinajstić information content (AvgIpc) is 2.74. The zero-order valence-corrected chi connectivity index (χ0v) is 19.7. The molecule has 0 unspecified atom stereocenters. The van der Waals surface area contributed by atoms with Crippen LogP contribution in [0.15, 0.2) is 36.4 Å². The van der Waals surface area contributed by atoms with E-state index in [-0.39, 0.29) is 17.5 Å². The Kier molecular flexibility index (Phi) is 9.51. The number of aromatic carboxylic acids is 1. The molecule has 0 fully saturated rings. The quantitative estimate of drug-likeness (QED) is 0.228. The second-order valence-corrected chi connectivity index (χ2v) is 8.21. The van der Waals surface area contributed by atoms with Gasteiger partial charge in [-0.2, -0.15) is 0 Å². The zero-order valence-electron chi connectivity index (χ0n) is 19.7. The Morgan fingerprint density at radius 2 is 1.75 bits per heavy atom. The molecule has 2 aromatic carbocycles. The van der Waals surface area contributed by atoms with Crippen LogP contribution in [0.1, 0.15) is 83.9 Å². The van der Waals surface area contributed by atoms with Gasteiger partial charge in [-0.25, -0.2) is 4.79 Å². The summed E-state index contributed by atoms with van der Waals surface area (Å²) in [6.07, 6.45) is 7.63. The highest BCUT2D eigenvalue weighted by atomic mass is 16.5. The lowest BCUT2D eigenvalue weighted by atomic mass is 9.97. The van der Waals surface area contributed by atoms with Gasteiger partial charge < -0.3 is 14.6 Å². The molecule has 5 heteroatoms. The lowest BCUT2D eigenvalue weighted by molar-refractivity contribution is 0.0694. The number of unbranched alkanes of at least 4 members (excludes halogenated alkanes) is 3. The molecule has 0 spiro atoms. The van der Waals surface area contributed by atoms with Crippen LogP contribution in [0.5, 0.6) is 11.5 Å². The molecule has 0 aromatic heterocycles. The summed E-state index contributed by atoms with van der Waals surface area (Å²) in [7, 11) is 0. The first-order valence-corrected chi connectivity index (χ1v) is 11.2. The van der Waals surface area contributed by atoms with Gasteiger partial charge in [0.15, 0.2) is 5.78 Å². The van der Waals surface area contributed by atoms with E-state index in [9.17, 15) is 14.7 Å². The molecular weight excluding hydrogens is 404 g/mol. The number of carboxylic acid groups (broad SMARTS) is 1. The maximum atomic E-state index is 12.7. The number of aryl methyl sites for hydroxylation is 1. The fourth-order valence-corrected chi connectivity index (χ4v) is 3.54. The fraction of sp³-hybridized carbons (Fsp3) is 0.407. The van der Waals surface area contributed by atoms with Crippen molar-refractivity contribution < 1.29 is 24.2 Å². The van der Waals surface area contributed by atoms with E-state index in [1.54, 1.807) is 38.1 Å². The third-order valence-corrected chi connectivity index (χ3v) is 5.13. The molecule has 0 aliphatic rings. The largest absolute Gasteiger partial charge is 0.494 e. The second kappa shape index (κ2) is 12.1. The molecule has 0 heterocycles. The number of hydrogen-bond acceptors (Lipinski definition) is 4. The number of benzene rings is 2. The minimum Gasteiger partial charge on any atom is -0.494 e. The van der Waals surface area contributed by atoms with E-state index < -0.39 is 5.97 Å². The van der Waals surface area contributed by atoms with Crippen LogP contribution in [0.2, 0.25) is 0 Å². The summed E-state index contributed by atoms with van der Waals surface area (Å²) >= 11 is 0. The Bertz CT molecular complexity index is 955. The molecule has 2 rings (SSSR count). The van der Waals surface area contributed by atoms with E-state index in [0.717, 1.165) is 18.6 Å². The van der Waals surface area contributed by atoms with Crippen LogP contribution in [0.4, 0.5) is 0 Å². The number of carbonyl (C=O) groups excluding carboxylic acids is 1. The summed E-state index contributed by atoms with van der Waals surface area (Å²) in [5, 5.41) is 9.54. The normalized spacial score (nSPS) is 11.2. The van der Waals surface area contributed by atoms with Crippen molar-refractivity contribution >= 4 is 17.8 Å². The number of ketones is 1. The maximum Gasteiger partial charge on any atom is 0.336 e. The van der Waals surface area contributed by atoms with E-state index in [0.29, 0.717) is 34.6 Å². The van der Waals surface area contributed by atoms with Gasteiger partial charge in [-0.15, -0.1) is 0 Å². The first-order valence-electron chi connectivity index (χ1n) is 11.2. The van der Waals surface area contributed by atoms with E-state index >= 15 is 0 Å². The lowest BCUT2D eigenvalue weighted by Gasteiger charge is -2.18. The van der Waals surface area contributed by atoms with Gasteiger partial charge in [0.05, 0.1) is 18.3 Å².